The Kier molecular flexibility index (Phi) is 4.33. The lowest BCUT2D eigenvalue weighted by molar-refractivity contribution is 0.102. The highest BCUT2D eigenvalue weighted by Gasteiger charge is 2.17. The average Bonchev–Trinajstić information content (AvgIpc) is 3.40. The number of nitrogens with one attached hydrogen (secondary N) is 2. The number of anilines is 1. The third kappa shape index (κ3) is 3.33. The first-order chi connectivity index (χ1) is 14.7. The average molecular weight is 395 g/mol. The Morgan fingerprint density at radius 1 is 0.933 bits per heavy atom. The van der Waals surface area contributed by atoms with E-state index in [0.717, 1.165) is 27.7 Å². The summed E-state index contributed by atoms with van der Waals surface area (Å²) in [4.78, 5) is 20.4. The summed E-state index contributed by atoms with van der Waals surface area (Å²) >= 11 is 0. The van der Waals surface area contributed by atoms with E-state index in [0.29, 0.717) is 17.3 Å². The Morgan fingerprint density at radius 2 is 1.73 bits per heavy atom. The highest BCUT2D eigenvalue weighted by Crippen LogP contribution is 2.31. The van der Waals surface area contributed by atoms with E-state index in [4.69, 9.17) is 4.42 Å². The highest BCUT2D eigenvalue weighted by molar-refractivity contribution is 6.03. The molecular formula is C23H17N5O2. The lowest BCUT2D eigenvalue weighted by Gasteiger charge is -2.03. The van der Waals surface area contributed by atoms with Crippen LogP contribution in [0.3, 0.4) is 0 Å². The van der Waals surface area contributed by atoms with Crippen molar-refractivity contribution in [3.8, 4) is 22.8 Å². The van der Waals surface area contributed by atoms with Gasteiger partial charge in [-0.05, 0) is 37.3 Å². The number of fused-ring (bicyclic) bond motifs is 1. The Morgan fingerprint density at radius 3 is 2.57 bits per heavy atom. The molecule has 146 valence electrons. The third-order valence-electron chi connectivity index (χ3n) is 4.73. The number of nitrogens with zero attached hydrogens (tertiary/aromatic N) is 3. The molecule has 0 saturated carbocycles. The van der Waals surface area contributed by atoms with Crippen LogP contribution in [-0.2, 0) is 0 Å². The predicted octanol–water partition coefficient (Wildman–Crippen LogP) is 4.84. The number of benzene rings is 3. The fourth-order valence-corrected chi connectivity index (χ4v) is 3.29. The quantitative estimate of drug-likeness (QED) is 0.454. The molecule has 0 aliphatic carbocycles. The Labute approximate surface area is 171 Å². The van der Waals surface area contributed by atoms with Gasteiger partial charge in [-0.25, -0.2) is 4.98 Å². The molecule has 0 radical (unpaired) electrons. The molecule has 0 aliphatic heterocycles. The van der Waals surface area contributed by atoms with Gasteiger partial charge < -0.3 is 9.40 Å². The molecule has 0 aliphatic rings. The maximum Gasteiger partial charge on any atom is 0.322 e. The molecular weight excluding hydrogens is 378 g/mol. The molecule has 2 N–H and O–H groups in total. The second-order valence-electron chi connectivity index (χ2n) is 6.88. The van der Waals surface area contributed by atoms with E-state index >= 15 is 0 Å². The van der Waals surface area contributed by atoms with Crippen LogP contribution in [-0.4, -0.2) is 26.1 Å². The van der Waals surface area contributed by atoms with Crippen molar-refractivity contribution >= 4 is 23.0 Å². The van der Waals surface area contributed by atoms with Crippen LogP contribution >= 0.6 is 0 Å². The molecule has 5 aromatic rings. The van der Waals surface area contributed by atoms with Crippen molar-refractivity contribution in [3.63, 3.8) is 0 Å². The minimum Gasteiger partial charge on any atom is -0.403 e. The monoisotopic (exact) mass is 395 g/mol. The summed E-state index contributed by atoms with van der Waals surface area (Å²) in [6, 6.07) is 22.8. The molecule has 3 aromatic carbocycles. The number of aryl methyl sites for hydroxylation is 1. The molecule has 7 nitrogen and oxygen atoms in total. The van der Waals surface area contributed by atoms with E-state index in [1.54, 1.807) is 12.1 Å². The summed E-state index contributed by atoms with van der Waals surface area (Å²) in [5.41, 5.74) is 4.89. The Balaban J connectivity index is 1.46. The standard InChI is InChI=1S/C23H17N5O2/c1-14-7-6-8-15(13-14)21(29)26-23-28-27-22(30-23)17-10-3-2-9-16(17)20-24-18-11-4-5-12-19(18)25-20/h2-13H,1H3,(H,24,25)(H,26,28,29). The molecule has 0 unspecified atom stereocenters. The number of amides is 1. The van der Waals surface area contributed by atoms with Crippen molar-refractivity contribution in [2.45, 2.75) is 6.92 Å². The number of hydrogen-bond acceptors (Lipinski definition) is 5. The minimum atomic E-state index is -0.306. The fourth-order valence-electron chi connectivity index (χ4n) is 3.29. The SMILES string of the molecule is Cc1cccc(C(=O)Nc2nnc(-c3ccccc3-c3nc4ccccc4[nH]3)o2)c1. The Bertz CT molecular complexity index is 1340. The smallest absolute Gasteiger partial charge is 0.322 e. The lowest BCUT2D eigenvalue weighted by Crippen LogP contribution is -2.12. The van der Waals surface area contributed by atoms with Crippen LogP contribution in [0.1, 0.15) is 15.9 Å². The molecule has 2 heterocycles. The van der Waals surface area contributed by atoms with Crippen LogP contribution in [0.25, 0.3) is 33.9 Å². The molecule has 7 heteroatoms. The molecule has 30 heavy (non-hydrogen) atoms. The van der Waals surface area contributed by atoms with Gasteiger partial charge in [0.1, 0.15) is 5.82 Å². The molecule has 0 spiro atoms. The van der Waals surface area contributed by atoms with Crippen LogP contribution in [0.15, 0.2) is 77.2 Å². The van der Waals surface area contributed by atoms with Gasteiger partial charge in [0, 0.05) is 16.7 Å². The van der Waals surface area contributed by atoms with Gasteiger partial charge in [-0.2, -0.15) is 0 Å². The van der Waals surface area contributed by atoms with E-state index in [9.17, 15) is 4.79 Å². The van der Waals surface area contributed by atoms with Crippen LogP contribution in [0.5, 0.6) is 0 Å². The second-order valence-corrected chi connectivity index (χ2v) is 6.88. The molecule has 2 aromatic heterocycles. The summed E-state index contributed by atoms with van der Waals surface area (Å²) in [5.74, 6) is 0.695. The number of carbonyl (C=O) groups is 1. The maximum absolute atomic E-state index is 12.4. The number of aromatic amines is 1. The number of H-pyrrole nitrogens is 1. The number of aromatic nitrogens is 4. The van der Waals surface area contributed by atoms with Crippen LogP contribution in [0, 0.1) is 6.92 Å². The van der Waals surface area contributed by atoms with Crippen molar-refractivity contribution in [1.29, 1.82) is 0 Å². The lowest BCUT2D eigenvalue weighted by atomic mass is 10.1. The number of hydrogen-bond donors (Lipinski definition) is 2. The second kappa shape index (κ2) is 7.29. The Hall–Kier alpha value is -4.26. The first-order valence-electron chi connectivity index (χ1n) is 9.43. The van der Waals surface area contributed by atoms with Gasteiger partial charge in [-0.15, -0.1) is 5.10 Å². The number of carbonyl (C=O) groups excluding carboxylic acids is 1. The fraction of sp³-hybridized carbons (Fsp3) is 0.0435. The molecule has 0 atom stereocenters. The normalized spacial score (nSPS) is 11.0. The first-order valence-corrected chi connectivity index (χ1v) is 9.43. The van der Waals surface area contributed by atoms with E-state index < -0.39 is 0 Å². The summed E-state index contributed by atoms with van der Waals surface area (Å²) < 4.78 is 5.73. The van der Waals surface area contributed by atoms with Crippen molar-refractivity contribution in [2.75, 3.05) is 5.32 Å². The van der Waals surface area contributed by atoms with Crippen molar-refractivity contribution in [1.82, 2.24) is 20.2 Å². The maximum atomic E-state index is 12.4. The molecule has 0 bridgehead atoms. The van der Waals surface area contributed by atoms with Gasteiger partial charge in [0.15, 0.2) is 0 Å². The van der Waals surface area contributed by atoms with Crippen molar-refractivity contribution < 1.29 is 9.21 Å². The van der Waals surface area contributed by atoms with E-state index in [2.05, 4.69) is 25.5 Å². The van der Waals surface area contributed by atoms with Gasteiger partial charge in [-0.3, -0.25) is 10.1 Å². The summed E-state index contributed by atoms with van der Waals surface area (Å²) in [7, 11) is 0. The number of para-hydroxylation sites is 2. The van der Waals surface area contributed by atoms with Gasteiger partial charge in [0.2, 0.25) is 0 Å². The van der Waals surface area contributed by atoms with E-state index in [1.807, 2.05) is 67.6 Å². The van der Waals surface area contributed by atoms with Gasteiger partial charge in [0.25, 0.3) is 11.8 Å². The summed E-state index contributed by atoms with van der Waals surface area (Å²) in [5, 5.41) is 10.8. The number of imidazole rings is 1. The highest BCUT2D eigenvalue weighted by atomic mass is 16.4. The first kappa shape index (κ1) is 17.8. The summed E-state index contributed by atoms with van der Waals surface area (Å²) in [6.45, 7) is 1.93. The van der Waals surface area contributed by atoms with Crippen molar-refractivity contribution in [2.24, 2.45) is 0 Å². The zero-order chi connectivity index (χ0) is 20.5. The third-order valence-corrected chi connectivity index (χ3v) is 4.73. The van der Waals surface area contributed by atoms with Crippen LogP contribution < -0.4 is 5.32 Å². The van der Waals surface area contributed by atoms with Gasteiger partial charge in [-0.1, -0.05) is 53.1 Å². The number of rotatable bonds is 4. The van der Waals surface area contributed by atoms with E-state index in [1.165, 1.54) is 0 Å². The van der Waals surface area contributed by atoms with Gasteiger partial charge >= 0.3 is 6.01 Å². The predicted molar refractivity (Wildman–Crippen MR) is 114 cm³/mol. The zero-order valence-electron chi connectivity index (χ0n) is 16.1. The van der Waals surface area contributed by atoms with Crippen LogP contribution in [0.2, 0.25) is 0 Å². The molecule has 5 rings (SSSR count). The van der Waals surface area contributed by atoms with Crippen molar-refractivity contribution in [3.05, 3.63) is 83.9 Å². The zero-order valence-corrected chi connectivity index (χ0v) is 16.1. The minimum absolute atomic E-state index is 0.0379. The summed E-state index contributed by atoms with van der Waals surface area (Å²) in [6.07, 6.45) is 0. The molecule has 1 amide bonds. The van der Waals surface area contributed by atoms with Crippen LogP contribution in [0.4, 0.5) is 6.01 Å². The van der Waals surface area contributed by atoms with E-state index in [-0.39, 0.29) is 11.9 Å². The molecule has 0 fully saturated rings. The van der Waals surface area contributed by atoms with Gasteiger partial charge in [0.05, 0.1) is 11.0 Å². The largest absolute Gasteiger partial charge is 0.403 e. The topological polar surface area (TPSA) is 96.7 Å². The molecule has 0 saturated heterocycles.